The Labute approximate surface area is 119 Å². The Morgan fingerprint density at radius 2 is 1.65 bits per heavy atom. The van der Waals surface area contributed by atoms with Gasteiger partial charge in [0, 0.05) is 12.3 Å². The minimum atomic E-state index is -1.55. The largest absolute Gasteiger partial charge is 0.352 e. The zero-order valence-electron chi connectivity index (χ0n) is 11.9. The van der Waals surface area contributed by atoms with Crippen LogP contribution in [0.5, 0.6) is 0 Å². The maximum atomic E-state index is 12.1. The number of hydrogen-bond donors (Lipinski definition) is 0. The van der Waals surface area contributed by atoms with Gasteiger partial charge in [0.05, 0.1) is 13.2 Å². The molecule has 1 aliphatic heterocycles. The molecule has 0 aromatic rings. The van der Waals surface area contributed by atoms with Gasteiger partial charge < -0.3 is 9.47 Å². The van der Waals surface area contributed by atoms with Crippen LogP contribution in [-0.2, 0) is 9.47 Å². The quantitative estimate of drug-likeness (QED) is 0.691. The summed E-state index contributed by atoms with van der Waals surface area (Å²) in [6.07, 6.45) is 6.76. The molecule has 1 aliphatic carbocycles. The molecule has 0 bridgehead atoms. The van der Waals surface area contributed by atoms with Crippen molar-refractivity contribution >= 4 is 0 Å². The third-order valence-electron chi connectivity index (χ3n) is 4.52. The Kier molecular flexibility index (Phi) is 6.17. The van der Waals surface area contributed by atoms with Crippen LogP contribution in [0.4, 0.5) is 8.78 Å². The highest BCUT2D eigenvalue weighted by Gasteiger charge is 2.31. The molecule has 2 aliphatic rings. The first-order valence-electron chi connectivity index (χ1n) is 7.54. The normalized spacial score (nSPS) is 34.5. The molecule has 1 saturated heterocycles. The summed E-state index contributed by atoms with van der Waals surface area (Å²) in [7, 11) is 0. The highest BCUT2D eigenvalue weighted by Crippen LogP contribution is 2.37. The molecule has 0 amide bonds. The predicted molar refractivity (Wildman–Crippen MR) is 74.4 cm³/mol. The van der Waals surface area contributed by atoms with Gasteiger partial charge in [0.15, 0.2) is 6.29 Å². The molecule has 114 valence electrons. The summed E-state index contributed by atoms with van der Waals surface area (Å²) < 4.78 is 35.5. The Morgan fingerprint density at radius 3 is 2.20 bits per heavy atom. The molecule has 0 spiro atoms. The Balaban J connectivity index is 1.69. The van der Waals surface area contributed by atoms with Crippen LogP contribution >= 0.6 is 0 Å². The average Bonchev–Trinajstić information content (AvgIpc) is 2.47. The van der Waals surface area contributed by atoms with E-state index in [4.69, 9.17) is 9.47 Å². The number of rotatable bonds is 5. The highest BCUT2D eigenvalue weighted by molar-refractivity contribution is 4.87. The van der Waals surface area contributed by atoms with Crippen molar-refractivity contribution in [1.82, 2.24) is 0 Å². The van der Waals surface area contributed by atoms with Crippen LogP contribution in [0.25, 0.3) is 0 Å². The minimum absolute atomic E-state index is 0.127. The number of ether oxygens (including phenoxy) is 2. The van der Waals surface area contributed by atoms with E-state index in [1.54, 1.807) is 0 Å². The molecule has 2 nitrogen and oxygen atoms in total. The third kappa shape index (κ3) is 4.67. The lowest BCUT2D eigenvalue weighted by Crippen LogP contribution is -2.37. The molecule has 0 N–H and O–H groups in total. The summed E-state index contributed by atoms with van der Waals surface area (Å²) in [6, 6.07) is 0. The summed E-state index contributed by atoms with van der Waals surface area (Å²) in [5.41, 5.74) is 0. The van der Waals surface area contributed by atoms with Crippen molar-refractivity contribution in [2.24, 2.45) is 17.8 Å². The fourth-order valence-electron chi connectivity index (χ4n) is 3.25. The van der Waals surface area contributed by atoms with Gasteiger partial charge in [-0.05, 0) is 50.0 Å². The second kappa shape index (κ2) is 7.89. The lowest BCUT2D eigenvalue weighted by Gasteiger charge is -2.37. The second-order valence-corrected chi connectivity index (χ2v) is 5.89. The fraction of sp³-hybridized carbons (Fsp3) is 0.750. The number of hydrogen-bond acceptors (Lipinski definition) is 2. The standard InChI is InChI=1S/C16H24F2O2/c1-2-3-16-19-10-14(11-20-16)13-7-4-12(5-8-13)6-9-15(17)18/h2,9,12-14,16H,1,3-8,10-11H2. The third-order valence-corrected chi connectivity index (χ3v) is 4.52. The molecule has 0 aromatic carbocycles. The van der Waals surface area contributed by atoms with Crippen LogP contribution in [0.15, 0.2) is 24.8 Å². The van der Waals surface area contributed by atoms with Gasteiger partial charge >= 0.3 is 0 Å². The second-order valence-electron chi connectivity index (χ2n) is 5.89. The summed E-state index contributed by atoms with van der Waals surface area (Å²) >= 11 is 0. The molecule has 1 saturated carbocycles. The van der Waals surface area contributed by atoms with E-state index in [2.05, 4.69) is 6.58 Å². The van der Waals surface area contributed by atoms with Gasteiger partial charge in [0.2, 0.25) is 0 Å². The van der Waals surface area contributed by atoms with Crippen molar-refractivity contribution in [3.8, 4) is 0 Å². The van der Waals surface area contributed by atoms with Crippen LogP contribution in [0.3, 0.4) is 0 Å². The number of halogens is 2. The summed E-state index contributed by atoms with van der Waals surface area (Å²) in [4.78, 5) is 0. The topological polar surface area (TPSA) is 18.5 Å². The first-order chi connectivity index (χ1) is 9.69. The van der Waals surface area contributed by atoms with Gasteiger partial charge in [-0.15, -0.1) is 6.58 Å². The zero-order valence-corrected chi connectivity index (χ0v) is 11.9. The van der Waals surface area contributed by atoms with E-state index < -0.39 is 6.08 Å². The SMILES string of the molecule is C=CCC1OCC(C2CCC(CC=C(F)F)CC2)CO1. The van der Waals surface area contributed by atoms with Crippen molar-refractivity contribution in [2.45, 2.75) is 44.8 Å². The number of allylic oxidation sites excluding steroid dienone is 1. The molecule has 0 atom stereocenters. The van der Waals surface area contributed by atoms with Crippen LogP contribution in [-0.4, -0.2) is 19.5 Å². The van der Waals surface area contributed by atoms with Crippen molar-refractivity contribution in [1.29, 1.82) is 0 Å². The van der Waals surface area contributed by atoms with Crippen molar-refractivity contribution in [3.05, 3.63) is 24.8 Å². The molecule has 2 fully saturated rings. The van der Waals surface area contributed by atoms with E-state index in [9.17, 15) is 8.78 Å². The first-order valence-corrected chi connectivity index (χ1v) is 7.54. The minimum Gasteiger partial charge on any atom is -0.352 e. The van der Waals surface area contributed by atoms with Gasteiger partial charge in [-0.25, -0.2) is 0 Å². The van der Waals surface area contributed by atoms with Gasteiger partial charge in [0.25, 0.3) is 6.08 Å². The van der Waals surface area contributed by atoms with Crippen LogP contribution in [0.1, 0.15) is 38.5 Å². The Hall–Kier alpha value is -0.740. The summed E-state index contributed by atoms with van der Waals surface area (Å²) in [5.74, 6) is 1.51. The van der Waals surface area contributed by atoms with Gasteiger partial charge in [-0.2, -0.15) is 8.78 Å². The predicted octanol–water partition coefficient (Wildman–Crippen LogP) is 4.53. The lowest BCUT2D eigenvalue weighted by molar-refractivity contribution is -0.207. The first kappa shape index (κ1) is 15.6. The van der Waals surface area contributed by atoms with Crippen molar-refractivity contribution in [2.75, 3.05) is 13.2 Å². The van der Waals surface area contributed by atoms with E-state index >= 15 is 0 Å². The monoisotopic (exact) mass is 286 g/mol. The molecule has 1 heterocycles. The maximum Gasteiger partial charge on any atom is 0.266 e. The van der Waals surface area contributed by atoms with Crippen LogP contribution in [0, 0.1) is 17.8 Å². The van der Waals surface area contributed by atoms with E-state index in [0.29, 0.717) is 24.2 Å². The molecule has 2 rings (SSSR count). The molecule has 20 heavy (non-hydrogen) atoms. The molecular weight excluding hydrogens is 262 g/mol. The molecule has 0 radical (unpaired) electrons. The average molecular weight is 286 g/mol. The van der Waals surface area contributed by atoms with Crippen LogP contribution in [0.2, 0.25) is 0 Å². The van der Waals surface area contributed by atoms with E-state index in [-0.39, 0.29) is 6.29 Å². The van der Waals surface area contributed by atoms with E-state index in [1.807, 2.05) is 6.08 Å². The zero-order chi connectivity index (χ0) is 14.4. The fourth-order valence-corrected chi connectivity index (χ4v) is 3.25. The van der Waals surface area contributed by atoms with E-state index in [0.717, 1.165) is 51.4 Å². The molecule has 4 heteroatoms. The summed E-state index contributed by atoms with van der Waals surface area (Å²) in [5, 5.41) is 0. The highest BCUT2D eigenvalue weighted by atomic mass is 19.3. The van der Waals surface area contributed by atoms with Gasteiger partial charge in [-0.1, -0.05) is 6.08 Å². The smallest absolute Gasteiger partial charge is 0.266 e. The van der Waals surface area contributed by atoms with Crippen molar-refractivity contribution < 1.29 is 18.3 Å². The Bertz CT molecular complexity index is 323. The van der Waals surface area contributed by atoms with E-state index in [1.165, 1.54) is 0 Å². The Morgan fingerprint density at radius 1 is 1.00 bits per heavy atom. The maximum absolute atomic E-state index is 12.1. The van der Waals surface area contributed by atoms with Gasteiger partial charge in [-0.3, -0.25) is 0 Å². The summed E-state index contributed by atoms with van der Waals surface area (Å²) in [6.45, 7) is 5.20. The van der Waals surface area contributed by atoms with Crippen LogP contribution < -0.4 is 0 Å². The molecular formula is C16H24F2O2. The molecule has 0 aromatic heterocycles. The lowest BCUT2D eigenvalue weighted by atomic mass is 9.75. The van der Waals surface area contributed by atoms with Crippen molar-refractivity contribution in [3.63, 3.8) is 0 Å². The van der Waals surface area contributed by atoms with Gasteiger partial charge in [0.1, 0.15) is 0 Å². The molecule has 0 unspecified atom stereocenters.